The van der Waals surface area contributed by atoms with Crippen LogP contribution >= 0.6 is 0 Å². The number of carbonyl (C=O) groups is 1. The zero-order valence-electron chi connectivity index (χ0n) is 13.8. The van der Waals surface area contributed by atoms with E-state index in [-0.39, 0.29) is 30.2 Å². The number of furan rings is 1. The Labute approximate surface area is 145 Å². The molecule has 2 aliphatic rings. The number of amides is 1. The van der Waals surface area contributed by atoms with Crippen molar-refractivity contribution in [3.05, 3.63) is 54.2 Å². The van der Waals surface area contributed by atoms with E-state index in [1.165, 1.54) is 6.07 Å². The van der Waals surface area contributed by atoms with Crippen LogP contribution in [-0.4, -0.2) is 34.5 Å². The molecule has 2 N–H and O–H groups in total. The van der Waals surface area contributed by atoms with Gasteiger partial charge in [0.15, 0.2) is 0 Å². The van der Waals surface area contributed by atoms with E-state index in [4.69, 9.17) is 4.42 Å². The summed E-state index contributed by atoms with van der Waals surface area (Å²) in [4.78, 5) is 14.5. The van der Waals surface area contributed by atoms with Gasteiger partial charge < -0.3 is 14.8 Å². The van der Waals surface area contributed by atoms with E-state index in [0.29, 0.717) is 18.6 Å². The Morgan fingerprint density at radius 2 is 1.96 bits per heavy atom. The van der Waals surface area contributed by atoms with Crippen molar-refractivity contribution in [1.82, 2.24) is 4.90 Å². The highest BCUT2D eigenvalue weighted by molar-refractivity contribution is 5.92. The lowest BCUT2D eigenvalue weighted by Crippen LogP contribution is -2.51. The highest BCUT2D eigenvalue weighted by Gasteiger charge is 2.49. The van der Waals surface area contributed by atoms with Crippen molar-refractivity contribution in [3.8, 4) is 0 Å². The Hall–Kier alpha value is -2.18. The molecule has 0 spiro atoms. The van der Waals surface area contributed by atoms with Crippen molar-refractivity contribution in [2.24, 2.45) is 0 Å². The molecule has 2 aliphatic heterocycles. The average molecular weight is 344 g/mol. The van der Waals surface area contributed by atoms with Crippen molar-refractivity contribution in [2.75, 3.05) is 11.9 Å². The van der Waals surface area contributed by atoms with Gasteiger partial charge in [-0.2, -0.15) is 0 Å². The molecule has 0 aliphatic carbocycles. The summed E-state index contributed by atoms with van der Waals surface area (Å²) in [5, 5.41) is 13.6. The molecule has 1 aromatic carbocycles. The van der Waals surface area contributed by atoms with Gasteiger partial charge in [0.25, 0.3) is 0 Å². The zero-order chi connectivity index (χ0) is 17.4. The van der Waals surface area contributed by atoms with Crippen molar-refractivity contribution in [1.29, 1.82) is 0 Å². The molecule has 0 saturated carbocycles. The van der Waals surface area contributed by atoms with Gasteiger partial charge in [0.1, 0.15) is 17.2 Å². The van der Waals surface area contributed by atoms with Gasteiger partial charge in [0.05, 0.1) is 18.5 Å². The minimum Gasteiger partial charge on any atom is -0.466 e. The number of halogens is 1. The molecule has 4 rings (SSSR count). The number of hydrogen-bond donors (Lipinski definition) is 2. The first-order valence-corrected chi connectivity index (χ1v) is 8.62. The van der Waals surface area contributed by atoms with Crippen molar-refractivity contribution < 1.29 is 18.7 Å². The molecule has 3 heterocycles. The second-order valence-electron chi connectivity index (χ2n) is 7.00. The van der Waals surface area contributed by atoms with Crippen LogP contribution in [0.4, 0.5) is 10.1 Å². The zero-order valence-corrected chi connectivity index (χ0v) is 13.8. The van der Waals surface area contributed by atoms with Crippen LogP contribution in [-0.2, 0) is 10.4 Å². The lowest BCUT2D eigenvalue weighted by molar-refractivity contribution is -0.121. The van der Waals surface area contributed by atoms with Crippen LogP contribution in [0.2, 0.25) is 0 Å². The summed E-state index contributed by atoms with van der Waals surface area (Å²) < 4.78 is 19.1. The fraction of sp³-hybridized carbons (Fsp3) is 0.421. The highest BCUT2D eigenvalue weighted by atomic mass is 19.1. The van der Waals surface area contributed by atoms with Gasteiger partial charge in [0, 0.05) is 12.1 Å². The predicted octanol–water partition coefficient (Wildman–Crippen LogP) is 2.87. The van der Waals surface area contributed by atoms with Crippen LogP contribution < -0.4 is 5.32 Å². The van der Waals surface area contributed by atoms with Crippen molar-refractivity contribution >= 4 is 11.6 Å². The van der Waals surface area contributed by atoms with Gasteiger partial charge >= 0.3 is 0 Å². The number of piperidine rings is 1. The molecule has 2 aromatic rings. The number of hydrogen-bond acceptors (Lipinski definition) is 4. The van der Waals surface area contributed by atoms with E-state index in [1.807, 2.05) is 0 Å². The summed E-state index contributed by atoms with van der Waals surface area (Å²) in [6, 6.07) is 9.99. The summed E-state index contributed by atoms with van der Waals surface area (Å²) in [5.74, 6) is -0.0741. The number of benzene rings is 1. The van der Waals surface area contributed by atoms with Crippen LogP contribution in [0.3, 0.4) is 0 Å². The van der Waals surface area contributed by atoms with Gasteiger partial charge in [0.2, 0.25) is 5.91 Å². The maximum atomic E-state index is 13.7. The number of fused-ring (bicyclic) bond motifs is 2. The van der Waals surface area contributed by atoms with E-state index >= 15 is 0 Å². The molecular formula is C19H21FN2O3. The first kappa shape index (κ1) is 16.3. The molecule has 6 heteroatoms. The molecule has 5 nitrogen and oxygen atoms in total. The molecule has 0 unspecified atom stereocenters. The van der Waals surface area contributed by atoms with Crippen LogP contribution in [0.25, 0.3) is 0 Å². The van der Waals surface area contributed by atoms with E-state index in [2.05, 4.69) is 10.2 Å². The summed E-state index contributed by atoms with van der Waals surface area (Å²) in [6.45, 7) is 0.206. The summed E-state index contributed by atoms with van der Waals surface area (Å²) >= 11 is 0. The summed E-state index contributed by atoms with van der Waals surface area (Å²) in [7, 11) is 0. The summed E-state index contributed by atoms with van der Waals surface area (Å²) in [5.41, 5.74) is -0.766. The first-order chi connectivity index (χ1) is 12.0. The molecule has 25 heavy (non-hydrogen) atoms. The number of anilines is 1. The second-order valence-corrected chi connectivity index (χ2v) is 7.00. The molecule has 2 fully saturated rings. The third-order valence-corrected chi connectivity index (χ3v) is 5.37. The minimum atomic E-state index is -0.964. The van der Waals surface area contributed by atoms with Crippen LogP contribution in [0, 0.1) is 5.82 Å². The Balaban J connectivity index is 1.43. The number of para-hydroxylation sites is 1. The van der Waals surface area contributed by atoms with Gasteiger partial charge in [-0.15, -0.1) is 0 Å². The predicted molar refractivity (Wildman–Crippen MR) is 90.4 cm³/mol. The van der Waals surface area contributed by atoms with E-state index in [0.717, 1.165) is 12.8 Å². The summed E-state index contributed by atoms with van der Waals surface area (Å²) in [6.07, 6.45) is 4.55. The Kier molecular flexibility index (Phi) is 4.09. The number of nitrogens with one attached hydrogen (secondary N) is 1. The van der Waals surface area contributed by atoms with Gasteiger partial charge in [-0.3, -0.25) is 9.69 Å². The Morgan fingerprint density at radius 3 is 2.60 bits per heavy atom. The maximum Gasteiger partial charge on any atom is 0.238 e. The molecule has 0 radical (unpaired) electrons. The fourth-order valence-electron chi connectivity index (χ4n) is 4.24. The van der Waals surface area contributed by atoms with E-state index in [9.17, 15) is 14.3 Å². The normalized spacial score (nSPS) is 28.9. The SMILES string of the molecule is O=C(CN1[C@H]2CC[C@H]1CC(O)(c1ccco1)C2)Nc1ccccc1F. The van der Waals surface area contributed by atoms with E-state index in [1.54, 1.807) is 36.6 Å². The lowest BCUT2D eigenvalue weighted by Gasteiger charge is -2.42. The molecule has 2 bridgehead atoms. The standard InChI is InChI=1S/C19H21FN2O3/c20-15-4-1-2-5-16(15)21-18(23)12-22-13-7-8-14(22)11-19(24,10-13)17-6-3-9-25-17/h1-6,9,13-14,24H,7-8,10-12H2,(H,21,23)/t13-,14-/m0/s1. The van der Waals surface area contributed by atoms with Gasteiger partial charge in [-0.25, -0.2) is 4.39 Å². The molecule has 1 aromatic heterocycles. The topological polar surface area (TPSA) is 65.7 Å². The van der Waals surface area contributed by atoms with E-state index < -0.39 is 11.4 Å². The maximum absolute atomic E-state index is 13.7. The number of aliphatic hydroxyl groups is 1. The van der Waals surface area contributed by atoms with Gasteiger partial charge in [-0.1, -0.05) is 12.1 Å². The van der Waals surface area contributed by atoms with Crippen LogP contribution in [0.1, 0.15) is 31.4 Å². The molecule has 1 amide bonds. The number of rotatable bonds is 4. The molecule has 132 valence electrons. The van der Waals surface area contributed by atoms with Crippen molar-refractivity contribution in [2.45, 2.75) is 43.4 Å². The lowest BCUT2D eigenvalue weighted by atomic mass is 9.84. The smallest absolute Gasteiger partial charge is 0.238 e. The quantitative estimate of drug-likeness (QED) is 0.895. The number of nitrogens with zero attached hydrogens (tertiary/aromatic N) is 1. The first-order valence-electron chi connectivity index (χ1n) is 8.62. The van der Waals surface area contributed by atoms with Gasteiger partial charge in [-0.05, 0) is 49.9 Å². The van der Waals surface area contributed by atoms with Crippen LogP contribution in [0.15, 0.2) is 47.1 Å². The minimum absolute atomic E-state index is 0.125. The molecule has 2 saturated heterocycles. The third-order valence-electron chi connectivity index (χ3n) is 5.37. The Morgan fingerprint density at radius 1 is 1.24 bits per heavy atom. The van der Waals surface area contributed by atoms with Crippen molar-refractivity contribution in [3.63, 3.8) is 0 Å². The average Bonchev–Trinajstić information content (AvgIpc) is 3.19. The monoisotopic (exact) mass is 344 g/mol. The second kappa shape index (κ2) is 6.28. The number of carbonyl (C=O) groups excluding carboxylic acids is 1. The third kappa shape index (κ3) is 3.07. The molecule has 2 atom stereocenters. The van der Waals surface area contributed by atoms with Crippen LogP contribution in [0.5, 0.6) is 0 Å². The molecular weight excluding hydrogens is 323 g/mol. The Bertz CT molecular complexity index is 748. The highest BCUT2D eigenvalue weighted by Crippen LogP contribution is 2.45. The largest absolute Gasteiger partial charge is 0.466 e. The fourth-order valence-corrected chi connectivity index (χ4v) is 4.24.